The number of rotatable bonds is 1. The van der Waals surface area contributed by atoms with Crippen LogP contribution in [0.4, 0.5) is 25.2 Å². The molecule has 3 nitrogen and oxygen atoms in total. The molecule has 2 aromatic rings. The topological polar surface area (TPSA) is 29.7 Å². The van der Waals surface area contributed by atoms with Crippen molar-refractivity contribution in [2.45, 2.75) is 6.92 Å². The Morgan fingerprint density at radius 1 is 0.900 bits per heavy atom. The van der Waals surface area contributed by atoms with E-state index in [1.165, 1.54) is 0 Å². The van der Waals surface area contributed by atoms with Gasteiger partial charge in [0.15, 0.2) is 0 Å². The molecule has 0 amide bonds. The summed E-state index contributed by atoms with van der Waals surface area (Å²) in [6.45, 7) is 1.95. The van der Waals surface area contributed by atoms with Gasteiger partial charge in [-0.2, -0.15) is 0 Å². The number of aryl methyl sites for hydroxylation is 1. The summed E-state index contributed by atoms with van der Waals surface area (Å²) in [4.78, 5) is 1.62. The Kier molecular flexibility index (Phi) is 3.80. The van der Waals surface area contributed by atoms with E-state index in [4.69, 9.17) is 0 Å². The molecule has 0 unspecified atom stereocenters. The fourth-order valence-corrected chi connectivity index (χ4v) is 1.10. The summed E-state index contributed by atoms with van der Waals surface area (Å²) in [5.74, 6) is 0. The molecule has 20 heavy (non-hydrogen) atoms. The second-order valence-electron chi connectivity index (χ2n) is 3.76. The van der Waals surface area contributed by atoms with Gasteiger partial charge in [-0.25, -0.2) is 0 Å². The first-order valence-corrected chi connectivity index (χ1v) is 7.18. The van der Waals surface area contributed by atoms with Gasteiger partial charge in [-0.3, -0.25) is 0 Å². The predicted octanol–water partition coefficient (Wildman–Crippen LogP) is 4.44. The Morgan fingerprint density at radius 3 is 1.85 bits per heavy atom. The van der Waals surface area contributed by atoms with Gasteiger partial charge in [0, 0.05) is 22.3 Å². The van der Waals surface area contributed by atoms with E-state index in [2.05, 4.69) is 10.2 Å². The van der Waals surface area contributed by atoms with Crippen molar-refractivity contribution in [3.8, 4) is 5.69 Å². The normalized spacial score (nSPS) is 14.6. The van der Waals surface area contributed by atoms with Crippen LogP contribution < -0.4 is 4.80 Å². The summed E-state index contributed by atoms with van der Waals surface area (Å²) in [6.07, 6.45) is 1.75. The van der Waals surface area contributed by atoms with E-state index in [0.29, 0.717) is 0 Å². The van der Waals surface area contributed by atoms with E-state index in [-0.39, 0.29) is 0 Å². The predicted molar refractivity (Wildman–Crippen MR) is 61.9 cm³/mol. The molecule has 10 heteroatoms. The quantitative estimate of drug-likeness (QED) is 0.442. The SMILES string of the molecule is Cc1ccn[n+](-c2ccccc2)n1.F[P-](F)(F)(F)(F)F. The van der Waals surface area contributed by atoms with Crippen LogP contribution in [0.15, 0.2) is 42.6 Å². The summed E-state index contributed by atoms with van der Waals surface area (Å²) < 4.78 is 59.2. The molecule has 0 spiro atoms. The first kappa shape index (κ1) is 16.3. The van der Waals surface area contributed by atoms with Gasteiger partial charge in [0.2, 0.25) is 0 Å². The van der Waals surface area contributed by atoms with Crippen molar-refractivity contribution in [1.82, 2.24) is 10.2 Å². The molecule has 0 bridgehead atoms. The molecule has 0 fully saturated rings. The molecule has 0 radical (unpaired) electrons. The molecule has 0 saturated heterocycles. The van der Waals surface area contributed by atoms with Crippen molar-refractivity contribution in [3.05, 3.63) is 48.3 Å². The Balaban J connectivity index is 0.000000246. The van der Waals surface area contributed by atoms with Crippen LogP contribution in [-0.2, 0) is 0 Å². The first-order chi connectivity index (χ1) is 8.81. The van der Waals surface area contributed by atoms with E-state index >= 15 is 0 Å². The van der Waals surface area contributed by atoms with Gasteiger partial charge in [-0.15, -0.1) is 0 Å². The van der Waals surface area contributed by atoms with Crippen LogP contribution in [0, 0.1) is 6.92 Å². The Labute approximate surface area is 110 Å². The van der Waals surface area contributed by atoms with Crippen LogP contribution in [-0.4, -0.2) is 10.2 Å². The van der Waals surface area contributed by atoms with Crippen molar-refractivity contribution in [3.63, 3.8) is 0 Å². The number of halogens is 6. The van der Waals surface area contributed by atoms with Crippen LogP contribution in [0.25, 0.3) is 5.69 Å². The summed E-state index contributed by atoms with van der Waals surface area (Å²) in [7, 11) is -10.7. The summed E-state index contributed by atoms with van der Waals surface area (Å²) in [5, 5.41) is 8.36. The van der Waals surface area contributed by atoms with Crippen molar-refractivity contribution in [1.29, 1.82) is 0 Å². The first-order valence-electron chi connectivity index (χ1n) is 5.15. The third kappa shape index (κ3) is 9.21. The maximum atomic E-state index is 9.87. The maximum absolute atomic E-state index is 10.7. The fourth-order valence-electron chi connectivity index (χ4n) is 1.10. The Morgan fingerprint density at radius 2 is 1.40 bits per heavy atom. The molecule has 0 atom stereocenters. The summed E-state index contributed by atoms with van der Waals surface area (Å²) >= 11 is 0. The monoisotopic (exact) mass is 317 g/mol. The average Bonchev–Trinajstić information content (AvgIpc) is 2.26. The zero-order valence-electron chi connectivity index (χ0n) is 10.1. The van der Waals surface area contributed by atoms with Crippen molar-refractivity contribution < 1.29 is 30.0 Å². The van der Waals surface area contributed by atoms with Crippen LogP contribution in [0.3, 0.4) is 0 Å². The minimum absolute atomic E-state index is 0.957. The van der Waals surface area contributed by atoms with E-state index in [1.54, 1.807) is 11.0 Å². The van der Waals surface area contributed by atoms with E-state index in [0.717, 1.165) is 11.4 Å². The fraction of sp³-hybridized carbons (Fsp3) is 0.100. The molecule has 0 aliphatic rings. The zero-order valence-corrected chi connectivity index (χ0v) is 11.0. The minimum atomic E-state index is -10.7. The van der Waals surface area contributed by atoms with Gasteiger partial charge >= 0.3 is 33.0 Å². The van der Waals surface area contributed by atoms with Gasteiger partial charge in [0.25, 0.3) is 5.69 Å². The number of nitrogens with zero attached hydrogens (tertiary/aromatic N) is 3. The second-order valence-corrected chi connectivity index (χ2v) is 5.67. The number of hydrogen-bond acceptors (Lipinski definition) is 2. The van der Waals surface area contributed by atoms with Crippen molar-refractivity contribution in [2.75, 3.05) is 0 Å². The van der Waals surface area contributed by atoms with Crippen LogP contribution >= 0.6 is 7.81 Å². The van der Waals surface area contributed by atoms with Gasteiger partial charge in [0.1, 0.15) is 5.69 Å². The van der Waals surface area contributed by atoms with Crippen molar-refractivity contribution in [2.24, 2.45) is 0 Å². The molecule has 1 aromatic carbocycles. The molecule has 1 aromatic heterocycles. The van der Waals surface area contributed by atoms with Crippen LogP contribution in [0.5, 0.6) is 0 Å². The van der Waals surface area contributed by atoms with Gasteiger partial charge in [0.05, 0.1) is 11.0 Å². The third-order valence-corrected chi connectivity index (χ3v) is 1.73. The second kappa shape index (κ2) is 4.66. The average molecular weight is 317 g/mol. The summed E-state index contributed by atoms with van der Waals surface area (Å²) in [5.41, 5.74) is 1.94. The summed E-state index contributed by atoms with van der Waals surface area (Å²) in [6, 6.07) is 11.7. The van der Waals surface area contributed by atoms with E-state index in [9.17, 15) is 25.2 Å². The Hall–Kier alpha value is -1.76. The Bertz CT molecular complexity index is 573. The number of benzene rings is 1. The van der Waals surface area contributed by atoms with Gasteiger partial charge < -0.3 is 0 Å². The van der Waals surface area contributed by atoms with Crippen LogP contribution in [0.1, 0.15) is 5.69 Å². The standard InChI is InChI=1S/C10H10N3.F6P/c1-9-7-8-11-13(12-9)10-5-3-2-4-6-10;1-7(2,3,4,5)6/h2-8H,1H3;/q+1;-1. The van der Waals surface area contributed by atoms with E-state index in [1.807, 2.05) is 43.3 Å². The number of aromatic nitrogens is 3. The molecule has 0 N–H and O–H groups in total. The molecule has 0 saturated carbocycles. The van der Waals surface area contributed by atoms with Gasteiger partial charge in [-0.05, 0) is 13.0 Å². The molecular formula is C10H10F6N3P. The molecule has 1 heterocycles. The van der Waals surface area contributed by atoms with Crippen LogP contribution in [0.2, 0.25) is 0 Å². The van der Waals surface area contributed by atoms with Crippen molar-refractivity contribution >= 4 is 7.81 Å². The number of hydrogen-bond donors (Lipinski definition) is 0. The molecule has 112 valence electrons. The molecule has 0 aliphatic carbocycles. The van der Waals surface area contributed by atoms with E-state index < -0.39 is 7.81 Å². The zero-order chi connectivity index (χ0) is 15.5. The molecule has 2 rings (SSSR count). The molecule has 0 aliphatic heterocycles. The molecular weight excluding hydrogens is 307 g/mol. The number of para-hydroxylation sites is 1. The third-order valence-electron chi connectivity index (χ3n) is 1.73. The van der Waals surface area contributed by atoms with Gasteiger partial charge in [-0.1, -0.05) is 18.2 Å².